The number of nitrogens with one attached hydrogen (secondary N) is 1. The number of hydrogen-bond donors (Lipinski definition) is 1. The van der Waals surface area contributed by atoms with Crippen LogP contribution in [-0.4, -0.2) is 34.9 Å². The van der Waals surface area contributed by atoms with Crippen LogP contribution in [0, 0.1) is 13.8 Å². The first-order valence-corrected chi connectivity index (χ1v) is 9.62. The maximum atomic E-state index is 11.6. The first-order valence-electron chi connectivity index (χ1n) is 7.73. The maximum Gasteiger partial charge on any atom is 0.175 e. The Morgan fingerprint density at radius 3 is 2.48 bits per heavy atom. The van der Waals surface area contributed by atoms with Crippen LogP contribution in [-0.2, 0) is 16.4 Å². The number of tetrazole rings is 1. The van der Waals surface area contributed by atoms with E-state index in [2.05, 4.69) is 39.0 Å². The number of sulfone groups is 1. The van der Waals surface area contributed by atoms with E-state index in [1.54, 1.807) is 28.9 Å². The van der Waals surface area contributed by atoms with Crippen LogP contribution in [0.5, 0.6) is 0 Å². The quantitative estimate of drug-likeness (QED) is 0.753. The van der Waals surface area contributed by atoms with E-state index in [1.807, 2.05) is 13.8 Å². The van der Waals surface area contributed by atoms with Gasteiger partial charge in [-0.05, 0) is 65.7 Å². The Kier molecular flexibility index (Phi) is 4.54. The zero-order valence-corrected chi connectivity index (χ0v) is 15.1. The standard InChI is InChI=1S/C17H19N5O2S/c1-12-4-5-13(2)16(10-12)18-11-17-19-20-21-22(17)14-6-8-15(9-7-14)25(3,23)24/h4-10,18H,11H2,1-3H3. The van der Waals surface area contributed by atoms with Crippen molar-refractivity contribution in [2.75, 3.05) is 11.6 Å². The molecule has 0 saturated carbocycles. The predicted octanol–water partition coefficient (Wildman–Crippen LogP) is 2.29. The van der Waals surface area contributed by atoms with E-state index in [1.165, 1.54) is 11.8 Å². The van der Waals surface area contributed by atoms with Crippen LogP contribution < -0.4 is 5.32 Å². The zero-order valence-electron chi connectivity index (χ0n) is 14.3. The van der Waals surface area contributed by atoms with Crippen LogP contribution in [0.3, 0.4) is 0 Å². The number of hydrogen-bond acceptors (Lipinski definition) is 6. The molecule has 0 aliphatic carbocycles. The Morgan fingerprint density at radius 1 is 1.08 bits per heavy atom. The van der Waals surface area contributed by atoms with Crippen molar-refractivity contribution in [2.45, 2.75) is 25.3 Å². The van der Waals surface area contributed by atoms with Crippen LogP contribution >= 0.6 is 0 Å². The van der Waals surface area contributed by atoms with Crippen molar-refractivity contribution in [3.05, 3.63) is 59.4 Å². The second-order valence-electron chi connectivity index (χ2n) is 5.94. The van der Waals surface area contributed by atoms with Gasteiger partial charge in [0.05, 0.1) is 17.1 Å². The Balaban J connectivity index is 1.82. The third-order valence-corrected chi connectivity index (χ3v) is 5.00. The van der Waals surface area contributed by atoms with E-state index in [4.69, 9.17) is 0 Å². The molecule has 0 radical (unpaired) electrons. The van der Waals surface area contributed by atoms with Gasteiger partial charge in [-0.1, -0.05) is 12.1 Å². The molecular formula is C17H19N5O2S. The molecule has 7 nitrogen and oxygen atoms in total. The van der Waals surface area contributed by atoms with Crippen molar-refractivity contribution in [3.63, 3.8) is 0 Å². The minimum atomic E-state index is -3.23. The summed E-state index contributed by atoms with van der Waals surface area (Å²) in [6.07, 6.45) is 1.18. The number of nitrogens with zero attached hydrogens (tertiary/aromatic N) is 4. The minimum absolute atomic E-state index is 0.263. The van der Waals surface area contributed by atoms with Gasteiger partial charge in [0.25, 0.3) is 0 Å². The lowest BCUT2D eigenvalue weighted by atomic mass is 10.1. The molecule has 130 valence electrons. The Labute approximate surface area is 146 Å². The molecular weight excluding hydrogens is 338 g/mol. The average molecular weight is 357 g/mol. The molecule has 0 fully saturated rings. The molecule has 0 aliphatic rings. The van der Waals surface area contributed by atoms with E-state index < -0.39 is 9.84 Å². The van der Waals surface area contributed by atoms with Crippen LogP contribution in [0.15, 0.2) is 47.4 Å². The van der Waals surface area contributed by atoms with Gasteiger partial charge in [-0.3, -0.25) is 0 Å². The van der Waals surface area contributed by atoms with Crippen LogP contribution in [0.2, 0.25) is 0 Å². The fourth-order valence-electron chi connectivity index (χ4n) is 2.45. The molecule has 1 N–H and O–H groups in total. The van der Waals surface area contributed by atoms with Crippen LogP contribution in [0.25, 0.3) is 5.69 Å². The highest BCUT2D eigenvalue weighted by Crippen LogP contribution is 2.18. The average Bonchev–Trinajstić information content (AvgIpc) is 3.03. The van der Waals surface area contributed by atoms with Crippen molar-refractivity contribution in [1.82, 2.24) is 20.2 Å². The van der Waals surface area contributed by atoms with Gasteiger partial charge in [0.1, 0.15) is 0 Å². The molecule has 3 rings (SSSR count). The maximum absolute atomic E-state index is 11.6. The Morgan fingerprint density at radius 2 is 1.80 bits per heavy atom. The number of aryl methyl sites for hydroxylation is 2. The number of aromatic nitrogens is 4. The molecule has 0 unspecified atom stereocenters. The SMILES string of the molecule is Cc1ccc(C)c(NCc2nnnn2-c2ccc(S(C)(=O)=O)cc2)c1. The highest BCUT2D eigenvalue weighted by molar-refractivity contribution is 7.90. The Bertz CT molecular complexity index is 994. The van der Waals surface area contributed by atoms with E-state index in [0.717, 1.165) is 11.3 Å². The van der Waals surface area contributed by atoms with Crippen molar-refractivity contribution in [2.24, 2.45) is 0 Å². The number of benzene rings is 2. The molecule has 1 heterocycles. The molecule has 3 aromatic rings. The van der Waals surface area contributed by atoms with Gasteiger partial charge in [0.15, 0.2) is 15.7 Å². The summed E-state index contributed by atoms with van der Waals surface area (Å²) in [5.74, 6) is 0.632. The second-order valence-corrected chi connectivity index (χ2v) is 7.96. The third-order valence-electron chi connectivity index (χ3n) is 3.87. The van der Waals surface area contributed by atoms with E-state index in [-0.39, 0.29) is 4.90 Å². The molecule has 8 heteroatoms. The van der Waals surface area contributed by atoms with Gasteiger partial charge in [-0.2, -0.15) is 4.68 Å². The lowest BCUT2D eigenvalue weighted by molar-refractivity contribution is 0.602. The highest BCUT2D eigenvalue weighted by Gasteiger charge is 2.11. The smallest absolute Gasteiger partial charge is 0.175 e. The molecule has 0 atom stereocenters. The summed E-state index contributed by atoms with van der Waals surface area (Å²) in [5.41, 5.74) is 4.04. The first kappa shape index (κ1) is 17.1. The molecule has 2 aromatic carbocycles. The largest absolute Gasteiger partial charge is 0.377 e. The summed E-state index contributed by atoms with van der Waals surface area (Å²) in [6.45, 7) is 4.53. The van der Waals surface area contributed by atoms with Gasteiger partial charge in [-0.25, -0.2) is 8.42 Å². The highest BCUT2D eigenvalue weighted by atomic mass is 32.2. The lowest BCUT2D eigenvalue weighted by Gasteiger charge is -2.10. The zero-order chi connectivity index (χ0) is 18.0. The summed E-state index contributed by atoms with van der Waals surface area (Å²) in [7, 11) is -3.23. The molecule has 0 aliphatic heterocycles. The minimum Gasteiger partial charge on any atom is -0.377 e. The first-order chi connectivity index (χ1) is 11.8. The van der Waals surface area contributed by atoms with E-state index in [9.17, 15) is 8.42 Å². The normalized spacial score (nSPS) is 11.5. The van der Waals surface area contributed by atoms with Crippen LogP contribution in [0.4, 0.5) is 5.69 Å². The number of anilines is 1. The topological polar surface area (TPSA) is 89.8 Å². The van der Waals surface area contributed by atoms with Crippen molar-refractivity contribution in [1.29, 1.82) is 0 Å². The number of rotatable bonds is 5. The van der Waals surface area contributed by atoms with E-state index >= 15 is 0 Å². The van der Waals surface area contributed by atoms with E-state index in [0.29, 0.717) is 18.1 Å². The summed E-state index contributed by atoms with van der Waals surface area (Å²) >= 11 is 0. The van der Waals surface area contributed by atoms with Gasteiger partial charge in [0.2, 0.25) is 0 Å². The van der Waals surface area contributed by atoms with Gasteiger partial charge in [-0.15, -0.1) is 5.10 Å². The monoisotopic (exact) mass is 357 g/mol. The Hall–Kier alpha value is -2.74. The fourth-order valence-corrected chi connectivity index (χ4v) is 3.08. The molecule has 0 amide bonds. The van der Waals surface area contributed by atoms with Crippen molar-refractivity contribution in [3.8, 4) is 5.69 Å². The van der Waals surface area contributed by atoms with Crippen LogP contribution in [0.1, 0.15) is 17.0 Å². The third kappa shape index (κ3) is 3.85. The molecule has 0 spiro atoms. The molecule has 0 bridgehead atoms. The lowest BCUT2D eigenvalue weighted by Crippen LogP contribution is -2.09. The summed E-state index contributed by atoms with van der Waals surface area (Å²) < 4.78 is 24.7. The summed E-state index contributed by atoms with van der Waals surface area (Å²) in [6, 6.07) is 12.7. The van der Waals surface area contributed by atoms with Crippen molar-refractivity contribution < 1.29 is 8.42 Å². The molecule has 0 saturated heterocycles. The van der Waals surface area contributed by atoms with Crippen molar-refractivity contribution >= 4 is 15.5 Å². The fraction of sp³-hybridized carbons (Fsp3) is 0.235. The van der Waals surface area contributed by atoms with Gasteiger partial charge in [0, 0.05) is 11.9 Å². The van der Waals surface area contributed by atoms with Gasteiger partial charge < -0.3 is 5.32 Å². The second kappa shape index (κ2) is 6.64. The predicted molar refractivity (Wildman–Crippen MR) is 95.5 cm³/mol. The molecule has 1 aromatic heterocycles. The summed E-state index contributed by atoms with van der Waals surface area (Å²) in [5, 5.41) is 15.1. The summed E-state index contributed by atoms with van der Waals surface area (Å²) in [4.78, 5) is 0.263. The van der Waals surface area contributed by atoms with Gasteiger partial charge >= 0.3 is 0 Å². The molecule has 25 heavy (non-hydrogen) atoms.